The van der Waals surface area contributed by atoms with Gasteiger partial charge in [0.05, 0.1) is 35.6 Å². The van der Waals surface area contributed by atoms with E-state index in [1.54, 1.807) is 24.7 Å². The van der Waals surface area contributed by atoms with Gasteiger partial charge < -0.3 is 14.2 Å². The number of hydrogen-bond donors (Lipinski definition) is 0. The molecule has 4 aromatic carbocycles. The van der Waals surface area contributed by atoms with Crippen LogP contribution in [-0.4, -0.2) is 24.3 Å². The zero-order valence-corrected chi connectivity index (χ0v) is 26.2. The number of carbonyl (C=O) groups excluding carboxylic acids is 1. The highest BCUT2D eigenvalue weighted by molar-refractivity contribution is 7.07. The monoisotopic (exact) mass is 636 g/mol. The first-order chi connectivity index (χ1) is 22.0. The van der Waals surface area contributed by atoms with Crippen molar-refractivity contribution in [1.82, 2.24) is 4.57 Å². The first-order valence-corrected chi connectivity index (χ1v) is 15.6. The quantitative estimate of drug-likeness (QED) is 0.181. The summed E-state index contributed by atoms with van der Waals surface area (Å²) in [5, 5.41) is 0.618. The fourth-order valence-corrected chi connectivity index (χ4v) is 6.39. The number of methoxy groups -OCH3 is 1. The number of ether oxygens (including phenoxy) is 3. The average molecular weight is 637 g/mol. The molecule has 0 fully saturated rings. The van der Waals surface area contributed by atoms with Gasteiger partial charge in [0.1, 0.15) is 18.1 Å². The summed E-state index contributed by atoms with van der Waals surface area (Å²) in [6.45, 7) is 2.19. The van der Waals surface area contributed by atoms with Crippen molar-refractivity contribution >= 4 is 40.7 Å². The fraction of sp³-hybridized carbons (Fsp3) is 0.139. The number of nitrogens with zero attached hydrogens (tertiary/aromatic N) is 2. The second-order valence-electron chi connectivity index (χ2n) is 10.1. The van der Waals surface area contributed by atoms with Crippen LogP contribution in [0.4, 0.5) is 0 Å². The second kappa shape index (κ2) is 13.4. The first kappa shape index (κ1) is 30.1. The fourth-order valence-electron chi connectivity index (χ4n) is 5.21. The minimum Gasteiger partial charge on any atom is -0.497 e. The zero-order chi connectivity index (χ0) is 31.3. The molecule has 0 saturated carbocycles. The molecule has 6 rings (SSSR count). The lowest BCUT2D eigenvalue weighted by Gasteiger charge is -2.26. The van der Waals surface area contributed by atoms with E-state index in [0.29, 0.717) is 37.1 Å². The topological polar surface area (TPSA) is 79.1 Å². The van der Waals surface area contributed by atoms with Gasteiger partial charge in [0.15, 0.2) is 4.80 Å². The summed E-state index contributed by atoms with van der Waals surface area (Å²) in [4.78, 5) is 33.3. The number of hydrogen-bond acceptors (Lipinski definition) is 7. The maximum atomic E-state index is 14.3. The van der Waals surface area contributed by atoms with E-state index in [2.05, 4.69) is 0 Å². The third-order valence-corrected chi connectivity index (χ3v) is 8.68. The van der Waals surface area contributed by atoms with Crippen molar-refractivity contribution in [3.63, 3.8) is 0 Å². The van der Waals surface area contributed by atoms with Crippen LogP contribution in [-0.2, 0) is 16.1 Å². The van der Waals surface area contributed by atoms with Crippen LogP contribution in [0.3, 0.4) is 0 Å². The molecule has 0 unspecified atom stereocenters. The largest absolute Gasteiger partial charge is 0.497 e. The SMILES string of the molecule is CCOC(=O)C1=C(c2ccccc2)N=c2s/c(=C/c3ccccc3OCc3ccccc3Cl)c(=O)n2[C@@H]1c1cccc(OC)c1. The average Bonchev–Trinajstić information content (AvgIpc) is 3.38. The van der Waals surface area contributed by atoms with E-state index in [4.69, 9.17) is 30.8 Å². The normalized spacial score (nSPS) is 14.5. The van der Waals surface area contributed by atoms with Gasteiger partial charge in [-0.1, -0.05) is 102 Å². The summed E-state index contributed by atoms with van der Waals surface area (Å²) in [7, 11) is 1.58. The van der Waals surface area contributed by atoms with Crippen molar-refractivity contribution in [1.29, 1.82) is 0 Å². The van der Waals surface area contributed by atoms with E-state index in [1.165, 1.54) is 11.3 Å². The molecule has 0 amide bonds. The molecule has 226 valence electrons. The Hall–Kier alpha value is -4.92. The molecule has 1 aliphatic rings. The molecule has 0 spiro atoms. The predicted molar refractivity (Wildman–Crippen MR) is 176 cm³/mol. The Balaban J connectivity index is 1.54. The summed E-state index contributed by atoms with van der Waals surface area (Å²) < 4.78 is 19.2. The van der Waals surface area contributed by atoms with Crippen molar-refractivity contribution in [2.24, 2.45) is 4.99 Å². The maximum Gasteiger partial charge on any atom is 0.338 e. The first-order valence-electron chi connectivity index (χ1n) is 14.4. The van der Waals surface area contributed by atoms with E-state index in [1.807, 2.05) is 103 Å². The molecule has 0 N–H and O–H groups in total. The van der Waals surface area contributed by atoms with Crippen LogP contribution in [0.25, 0.3) is 11.8 Å². The Morgan fingerprint density at radius 1 is 0.978 bits per heavy atom. The third kappa shape index (κ3) is 6.20. The Morgan fingerprint density at radius 2 is 1.73 bits per heavy atom. The van der Waals surface area contributed by atoms with Crippen molar-refractivity contribution < 1.29 is 19.0 Å². The van der Waals surface area contributed by atoms with Crippen LogP contribution in [0.2, 0.25) is 5.02 Å². The maximum absolute atomic E-state index is 14.3. The van der Waals surface area contributed by atoms with Gasteiger partial charge in [0, 0.05) is 21.7 Å². The minimum absolute atomic E-state index is 0.171. The van der Waals surface area contributed by atoms with Gasteiger partial charge in [-0.05, 0) is 42.8 Å². The standard InChI is InChI=1S/C36H29ClN2O5S/c1-3-43-35(41)31-32(23-12-5-4-6-13-23)38-36-39(33(31)25-16-11-17-27(20-25)42-2)34(40)30(45-36)21-24-14-8-10-19-29(24)44-22-26-15-7-9-18-28(26)37/h4-21,33H,3,22H2,1-2H3/b30-21+/t33-/m1/s1. The highest BCUT2D eigenvalue weighted by atomic mass is 35.5. The number of halogens is 1. The lowest BCUT2D eigenvalue weighted by atomic mass is 9.93. The van der Waals surface area contributed by atoms with Crippen LogP contribution in [0, 0.1) is 0 Å². The Bertz CT molecular complexity index is 2080. The summed E-state index contributed by atoms with van der Waals surface area (Å²) in [6.07, 6.45) is 1.80. The highest BCUT2D eigenvalue weighted by Gasteiger charge is 2.35. The molecule has 5 aromatic rings. The van der Waals surface area contributed by atoms with Crippen LogP contribution in [0.1, 0.15) is 35.2 Å². The number of aromatic nitrogens is 1. The number of carbonyl (C=O) groups is 1. The summed E-state index contributed by atoms with van der Waals surface area (Å²) >= 11 is 7.60. The number of rotatable bonds is 9. The minimum atomic E-state index is -0.806. The predicted octanol–water partition coefficient (Wildman–Crippen LogP) is 6.18. The van der Waals surface area contributed by atoms with Crippen molar-refractivity contribution in [2.45, 2.75) is 19.6 Å². The zero-order valence-electron chi connectivity index (χ0n) is 24.6. The number of fused-ring (bicyclic) bond motifs is 1. The molecule has 0 bridgehead atoms. The molecule has 0 saturated heterocycles. The summed E-state index contributed by atoms with van der Waals surface area (Å²) in [5.41, 5.74) is 3.45. The second-order valence-corrected chi connectivity index (χ2v) is 11.5. The molecule has 0 radical (unpaired) electrons. The van der Waals surface area contributed by atoms with Gasteiger partial charge in [-0.15, -0.1) is 0 Å². The number of thiazole rings is 1. The Kier molecular flexibility index (Phi) is 8.96. The highest BCUT2D eigenvalue weighted by Crippen LogP contribution is 2.36. The Labute approximate surface area is 268 Å². The molecule has 1 aromatic heterocycles. The van der Waals surface area contributed by atoms with E-state index < -0.39 is 12.0 Å². The molecule has 0 aliphatic carbocycles. The van der Waals surface area contributed by atoms with E-state index >= 15 is 0 Å². The molecular formula is C36H29ClN2O5S. The summed E-state index contributed by atoms with van der Waals surface area (Å²) in [5.74, 6) is 0.658. The van der Waals surface area contributed by atoms with Crippen molar-refractivity contribution in [3.8, 4) is 11.5 Å². The van der Waals surface area contributed by atoms with Crippen LogP contribution >= 0.6 is 22.9 Å². The van der Waals surface area contributed by atoms with Crippen molar-refractivity contribution in [2.75, 3.05) is 13.7 Å². The number of para-hydroxylation sites is 1. The van der Waals surface area contributed by atoms with Gasteiger partial charge in [-0.25, -0.2) is 9.79 Å². The third-order valence-electron chi connectivity index (χ3n) is 7.33. The van der Waals surface area contributed by atoms with Gasteiger partial charge >= 0.3 is 5.97 Å². The van der Waals surface area contributed by atoms with Crippen molar-refractivity contribution in [3.05, 3.63) is 156 Å². The van der Waals surface area contributed by atoms with E-state index in [-0.39, 0.29) is 24.3 Å². The molecule has 1 atom stereocenters. The van der Waals surface area contributed by atoms with Gasteiger partial charge in [0.25, 0.3) is 5.56 Å². The van der Waals surface area contributed by atoms with Crippen LogP contribution < -0.4 is 24.4 Å². The van der Waals surface area contributed by atoms with E-state index in [0.717, 1.165) is 16.7 Å². The van der Waals surface area contributed by atoms with Gasteiger partial charge in [-0.3, -0.25) is 9.36 Å². The molecular weight excluding hydrogens is 608 g/mol. The molecule has 45 heavy (non-hydrogen) atoms. The molecule has 7 nitrogen and oxygen atoms in total. The van der Waals surface area contributed by atoms with Crippen LogP contribution in [0.15, 0.2) is 118 Å². The number of esters is 1. The summed E-state index contributed by atoms with van der Waals surface area (Å²) in [6, 6.07) is 31.0. The molecule has 1 aliphatic heterocycles. The molecule has 2 heterocycles. The van der Waals surface area contributed by atoms with Gasteiger partial charge in [0.2, 0.25) is 0 Å². The van der Waals surface area contributed by atoms with Gasteiger partial charge in [-0.2, -0.15) is 0 Å². The van der Waals surface area contributed by atoms with Crippen LogP contribution in [0.5, 0.6) is 11.5 Å². The Morgan fingerprint density at radius 3 is 2.51 bits per heavy atom. The smallest absolute Gasteiger partial charge is 0.338 e. The lowest BCUT2D eigenvalue weighted by Crippen LogP contribution is -2.40. The number of benzene rings is 4. The lowest BCUT2D eigenvalue weighted by molar-refractivity contribution is -0.138. The molecule has 9 heteroatoms. The van der Waals surface area contributed by atoms with E-state index in [9.17, 15) is 9.59 Å².